The molecule has 2 unspecified atom stereocenters. The van der Waals surface area contributed by atoms with Crippen LogP contribution in [0.25, 0.3) is 10.8 Å². The summed E-state index contributed by atoms with van der Waals surface area (Å²) < 4.78 is 0. The molecule has 4 rings (SSSR count). The minimum atomic E-state index is -0.214. The molecule has 1 aromatic carbocycles. The van der Waals surface area contributed by atoms with E-state index in [9.17, 15) is 9.59 Å². The lowest BCUT2D eigenvalue weighted by Crippen LogP contribution is -2.48. The molecule has 5 nitrogen and oxygen atoms in total. The van der Waals surface area contributed by atoms with Crippen LogP contribution in [0.15, 0.2) is 35.1 Å². The van der Waals surface area contributed by atoms with Crippen molar-refractivity contribution in [3.05, 3.63) is 46.4 Å². The van der Waals surface area contributed by atoms with E-state index < -0.39 is 0 Å². The number of halogens is 1. The molecule has 1 aromatic heterocycles. The minimum absolute atomic E-state index is 0. The number of rotatable bonds is 2. The van der Waals surface area contributed by atoms with Crippen molar-refractivity contribution < 1.29 is 4.79 Å². The highest BCUT2D eigenvalue weighted by Gasteiger charge is 2.34. The molecule has 2 aliphatic rings. The van der Waals surface area contributed by atoms with Gasteiger partial charge in [-0.3, -0.25) is 9.59 Å². The second-order valence-corrected chi connectivity index (χ2v) is 6.38. The second-order valence-electron chi connectivity index (χ2n) is 6.38. The number of fused-ring (bicyclic) bond motifs is 3. The average molecular weight is 334 g/mol. The number of H-pyrrole nitrogens is 1. The van der Waals surface area contributed by atoms with Crippen LogP contribution < -0.4 is 16.2 Å². The van der Waals surface area contributed by atoms with E-state index in [1.165, 1.54) is 12.8 Å². The van der Waals surface area contributed by atoms with Gasteiger partial charge in [-0.25, -0.2) is 0 Å². The molecule has 2 aromatic rings. The van der Waals surface area contributed by atoms with E-state index in [-0.39, 0.29) is 29.9 Å². The van der Waals surface area contributed by atoms with Gasteiger partial charge in [-0.05, 0) is 43.2 Å². The third kappa shape index (κ3) is 3.12. The molecule has 122 valence electrons. The first-order valence-corrected chi connectivity index (χ1v) is 7.88. The van der Waals surface area contributed by atoms with Gasteiger partial charge in [0.15, 0.2) is 0 Å². The fraction of sp³-hybridized carbons (Fsp3) is 0.412. The number of aromatic amines is 1. The lowest BCUT2D eigenvalue weighted by atomic mass is 9.99. The van der Waals surface area contributed by atoms with Crippen molar-refractivity contribution in [1.82, 2.24) is 15.6 Å². The normalized spacial score (nSPS) is 25.8. The Bertz CT molecular complexity index is 777. The van der Waals surface area contributed by atoms with Gasteiger partial charge in [0.05, 0.1) is 0 Å². The largest absolute Gasteiger partial charge is 0.348 e. The first kappa shape index (κ1) is 16.0. The van der Waals surface area contributed by atoms with Crippen molar-refractivity contribution in [3.63, 3.8) is 0 Å². The zero-order chi connectivity index (χ0) is 15.1. The van der Waals surface area contributed by atoms with Gasteiger partial charge in [0.1, 0.15) is 5.69 Å². The number of pyridine rings is 1. The van der Waals surface area contributed by atoms with Crippen LogP contribution in [0.4, 0.5) is 0 Å². The topological polar surface area (TPSA) is 74.0 Å². The fourth-order valence-electron chi connectivity index (χ4n) is 3.77. The van der Waals surface area contributed by atoms with E-state index in [4.69, 9.17) is 0 Å². The van der Waals surface area contributed by atoms with Crippen molar-refractivity contribution in [1.29, 1.82) is 0 Å². The molecular weight excluding hydrogens is 314 g/mol. The predicted molar refractivity (Wildman–Crippen MR) is 92.3 cm³/mol. The number of piperidine rings is 1. The summed E-state index contributed by atoms with van der Waals surface area (Å²) in [5.74, 6) is -0.186. The lowest BCUT2D eigenvalue weighted by Gasteiger charge is -2.29. The molecule has 3 heterocycles. The third-order valence-corrected chi connectivity index (χ3v) is 4.81. The first-order chi connectivity index (χ1) is 10.7. The van der Waals surface area contributed by atoms with Gasteiger partial charge in [0.2, 0.25) is 0 Å². The van der Waals surface area contributed by atoms with Crippen molar-refractivity contribution in [2.75, 3.05) is 0 Å². The monoisotopic (exact) mass is 333 g/mol. The molecule has 0 radical (unpaired) electrons. The summed E-state index contributed by atoms with van der Waals surface area (Å²) in [6.07, 6.45) is 4.34. The minimum Gasteiger partial charge on any atom is -0.348 e. The number of benzene rings is 1. The fourth-order valence-corrected chi connectivity index (χ4v) is 3.77. The van der Waals surface area contributed by atoms with Crippen molar-refractivity contribution in [2.45, 2.75) is 43.8 Å². The first-order valence-electron chi connectivity index (χ1n) is 7.88. The Kier molecular flexibility index (Phi) is 4.41. The zero-order valence-electron chi connectivity index (χ0n) is 12.7. The molecule has 6 heteroatoms. The maximum atomic E-state index is 12.4. The summed E-state index contributed by atoms with van der Waals surface area (Å²) >= 11 is 0. The Labute approximate surface area is 140 Å². The van der Waals surface area contributed by atoms with Gasteiger partial charge in [-0.1, -0.05) is 18.2 Å². The molecule has 2 saturated heterocycles. The Morgan fingerprint density at radius 1 is 1.13 bits per heavy atom. The SMILES string of the molecule is Cl.O=C(NC1CC2CCC(C1)N2)c1cc2ccccc2c(=O)[nH]1. The van der Waals surface area contributed by atoms with Gasteiger partial charge < -0.3 is 15.6 Å². The van der Waals surface area contributed by atoms with Gasteiger partial charge in [-0.2, -0.15) is 0 Å². The molecule has 1 amide bonds. The van der Waals surface area contributed by atoms with E-state index in [0.29, 0.717) is 23.2 Å². The van der Waals surface area contributed by atoms with E-state index in [1.54, 1.807) is 12.1 Å². The molecule has 2 aliphatic heterocycles. The highest BCUT2D eigenvalue weighted by atomic mass is 35.5. The van der Waals surface area contributed by atoms with Crippen LogP contribution >= 0.6 is 12.4 Å². The molecular formula is C17H20ClN3O2. The van der Waals surface area contributed by atoms with Gasteiger partial charge in [0, 0.05) is 23.5 Å². The number of nitrogens with one attached hydrogen (secondary N) is 3. The molecule has 2 bridgehead atoms. The van der Waals surface area contributed by atoms with Gasteiger partial charge in [0.25, 0.3) is 11.5 Å². The summed E-state index contributed by atoms with van der Waals surface area (Å²) in [7, 11) is 0. The highest BCUT2D eigenvalue weighted by molar-refractivity contribution is 5.96. The van der Waals surface area contributed by atoms with E-state index in [0.717, 1.165) is 18.2 Å². The molecule has 2 fully saturated rings. The van der Waals surface area contributed by atoms with Crippen LogP contribution in [0, 0.1) is 0 Å². The Balaban J connectivity index is 0.00000156. The van der Waals surface area contributed by atoms with Crippen molar-refractivity contribution in [3.8, 4) is 0 Å². The van der Waals surface area contributed by atoms with Gasteiger partial charge >= 0.3 is 0 Å². The summed E-state index contributed by atoms with van der Waals surface area (Å²) in [4.78, 5) is 27.2. The maximum Gasteiger partial charge on any atom is 0.268 e. The van der Waals surface area contributed by atoms with Crippen LogP contribution in [0.1, 0.15) is 36.2 Å². The predicted octanol–water partition coefficient (Wildman–Crippen LogP) is 1.96. The molecule has 0 spiro atoms. The average Bonchev–Trinajstić information content (AvgIpc) is 2.86. The van der Waals surface area contributed by atoms with Crippen LogP contribution in [-0.2, 0) is 0 Å². The lowest BCUT2D eigenvalue weighted by molar-refractivity contribution is 0.0919. The van der Waals surface area contributed by atoms with E-state index >= 15 is 0 Å². The van der Waals surface area contributed by atoms with E-state index in [1.807, 2.05) is 18.2 Å². The molecule has 3 N–H and O–H groups in total. The number of aromatic nitrogens is 1. The summed E-state index contributed by atoms with van der Waals surface area (Å²) in [6.45, 7) is 0. The van der Waals surface area contributed by atoms with Crippen LogP contribution in [0.3, 0.4) is 0 Å². The Hall–Kier alpha value is -1.85. The molecule has 2 atom stereocenters. The smallest absolute Gasteiger partial charge is 0.268 e. The molecule has 23 heavy (non-hydrogen) atoms. The maximum absolute atomic E-state index is 12.4. The summed E-state index contributed by atoms with van der Waals surface area (Å²) in [6, 6.07) is 10.3. The molecule has 0 saturated carbocycles. The quantitative estimate of drug-likeness (QED) is 0.786. The molecule has 0 aliphatic carbocycles. The number of carbonyl (C=O) groups is 1. The van der Waals surface area contributed by atoms with Crippen molar-refractivity contribution >= 4 is 29.1 Å². The summed E-state index contributed by atoms with van der Waals surface area (Å²) in [5, 5.41) is 8.04. The summed E-state index contributed by atoms with van der Waals surface area (Å²) in [5.41, 5.74) is 0.128. The number of amides is 1. The van der Waals surface area contributed by atoms with Gasteiger partial charge in [-0.15, -0.1) is 12.4 Å². The van der Waals surface area contributed by atoms with Crippen LogP contribution in [0.5, 0.6) is 0 Å². The van der Waals surface area contributed by atoms with Crippen LogP contribution in [-0.4, -0.2) is 29.0 Å². The van der Waals surface area contributed by atoms with Crippen LogP contribution in [0.2, 0.25) is 0 Å². The number of hydrogen-bond acceptors (Lipinski definition) is 3. The Morgan fingerprint density at radius 2 is 1.83 bits per heavy atom. The number of carbonyl (C=O) groups excluding carboxylic acids is 1. The van der Waals surface area contributed by atoms with E-state index in [2.05, 4.69) is 15.6 Å². The Morgan fingerprint density at radius 3 is 2.57 bits per heavy atom. The standard InChI is InChI=1S/C17H19N3O2.ClH/c21-16-14-4-2-1-3-10(14)7-15(20-16)17(22)19-13-8-11-5-6-12(9-13)18-11;/h1-4,7,11-13,18H,5-6,8-9H2,(H,19,22)(H,20,21);1H. The second kappa shape index (κ2) is 6.34. The zero-order valence-corrected chi connectivity index (χ0v) is 13.5. The van der Waals surface area contributed by atoms with Crippen molar-refractivity contribution in [2.24, 2.45) is 0 Å². The third-order valence-electron chi connectivity index (χ3n) is 4.81. The number of hydrogen-bond donors (Lipinski definition) is 3. The highest BCUT2D eigenvalue weighted by Crippen LogP contribution is 2.26.